The van der Waals surface area contributed by atoms with E-state index < -0.39 is 0 Å². The molecule has 0 saturated carbocycles. The zero-order chi connectivity index (χ0) is 11.4. The summed E-state index contributed by atoms with van der Waals surface area (Å²) in [6.45, 7) is 6.02. The zero-order valence-electron chi connectivity index (χ0n) is 9.61. The normalized spacial score (nSPS) is 11.1. The second-order valence-corrected chi connectivity index (χ2v) is 3.84. The fraction of sp³-hybridized carbons (Fsp3) is 0.125. The maximum Gasteiger partial charge on any atom is -0.0178 e. The Balaban J connectivity index is 2.62. The molecule has 0 aliphatic heterocycles. The largest absolute Gasteiger partial charge is 0.0984 e. The first-order valence-electron chi connectivity index (χ1n) is 5.67. The van der Waals surface area contributed by atoms with E-state index in [-0.39, 0.29) is 0 Å². The Bertz CT molecular complexity index is 533. The highest BCUT2D eigenvalue weighted by atomic mass is 14.0. The Labute approximate surface area is 96.9 Å². The molecule has 0 aliphatic rings. The summed E-state index contributed by atoms with van der Waals surface area (Å²) in [6, 6.07) is 12.8. The van der Waals surface area contributed by atoms with Gasteiger partial charge in [-0.2, -0.15) is 0 Å². The van der Waals surface area contributed by atoms with Gasteiger partial charge in [0.05, 0.1) is 0 Å². The van der Waals surface area contributed by atoms with E-state index in [0.29, 0.717) is 0 Å². The van der Waals surface area contributed by atoms with Crippen LogP contribution in [0.25, 0.3) is 22.9 Å². The first-order valence-corrected chi connectivity index (χ1v) is 5.67. The first kappa shape index (κ1) is 10.7. The Morgan fingerprint density at radius 1 is 1.06 bits per heavy atom. The van der Waals surface area contributed by atoms with Crippen molar-refractivity contribution >= 4 is 22.9 Å². The minimum Gasteiger partial charge on any atom is -0.0984 e. The first-order chi connectivity index (χ1) is 7.85. The van der Waals surface area contributed by atoms with E-state index >= 15 is 0 Å². The van der Waals surface area contributed by atoms with Crippen LogP contribution in [0.4, 0.5) is 0 Å². The number of allylic oxidation sites excluding steroid dienone is 1. The number of benzene rings is 2. The summed E-state index contributed by atoms with van der Waals surface area (Å²) in [6.07, 6.45) is 7.33. The number of rotatable bonds is 3. The van der Waals surface area contributed by atoms with Crippen LogP contribution in [0.15, 0.2) is 49.1 Å². The summed E-state index contributed by atoms with van der Waals surface area (Å²) in [4.78, 5) is 0. The molecule has 0 N–H and O–H groups in total. The van der Waals surface area contributed by atoms with Crippen molar-refractivity contribution < 1.29 is 0 Å². The molecule has 0 atom stereocenters. The van der Waals surface area contributed by atoms with Gasteiger partial charge in [-0.1, -0.05) is 56.0 Å². The molecule has 2 aromatic carbocycles. The Kier molecular flexibility index (Phi) is 3.21. The predicted molar refractivity (Wildman–Crippen MR) is 73.4 cm³/mol. The fourth-order valence-corrected chi connectivity index (χ4v) is 1.84. The highest BCUT2D eigenvalue weighted by Crippen LogP contribution is 2.22. The molecule has 0 nitrogen and oxygen atoms in total. The average Bonchev–Trinajstić information content (AvgIpc) is 2.35. The lowest BCUT2D eigenvalue weighted by Crippen LogP contribution is -1.82. The van der Waals surface area contributed by atoms with Crippen LogP contribution in [-0.4, -0.2) is 0 Å². The molecular formula is C16H16. The van der Waals surface area contributed by atoms with Crippen LogP contribution in [0.1, 0.15) is 24.5 Å². The summed E-state index contributed by atoms with van der Waals surface area (Å²) in [7, 11) is 0. The number of hydrogen-bond acceptors (Lipinski definition) is 0. The minimum atomic E-state index is 1.06. The molecule has 2 aromatic rings. The van der Waals surface area contributed by atoms with Crippen molar-refractivity contribution in [3.63, 3.8) is 0 Å². The second kappa shape index (κ2) is 4.80. The highest BCUT2D eigenvalue weighted by molar-refractivity contribution is 5.88. The van der Waals surface area contributed by atoms with Gasteiger partial charge in [0.2, 0.25) is 0 Å². The summed E-state index contributed by atoms with van der Waals surface area (Å²) in [5.41, 5.74) is 2.44. The molecule has 0 unspecified atom stereocenters. The molecule has 16 heavy (non-hydrogen) atoms. The molecule has 0 aliphatic carbocycles. The van der Waals surface area contributed by atoms with Crippen LogP contribution in [0.3, 0.4) is 0 Å². The van der Waals surface area contributed by atoms with E-state index in [1.54, 1.807) is 0 Å². The third kappa shape index (κ3) is 2.06. The van der Waals surface area contributed by atoms with Gasteiger partial charge in [-0.05, 0) is 40.5 Å². The van der Waals surface area contributed by atoms with Gasteiger partial charge >= 0.3 is 0 Å². The molecular weight excluding hydrogens is 192 g/mol. The van der Waals surface area contributed by atoms with Gasteiger partial charge in [0, 0.05) is 0 Å². The topological polar surface area (TPSA) is 0 Å². The maximum atomic E-state index is 3.87. The van der Waals surface area contributed by atoms with Crippen LogP contribution in [0.5, 0.6) is 0 Å². The van der Waals surface area contributed by atoms with Crippen LogP contribution < -0.4 is 0 Å². The smallest absolute Gasteiger partial charge is 0.0178 e. The van der Waals surface area contributed by atoms with Gasteiger partial charge in [-0.3, -0.25) is 0 Å². The lowest BCUT2D eigenvalue weighted by Gasteiger charge is -2.04. The van der Waals surface area contributed by atoms with Crippen LogP contribution in [0.2, 0.25) is 0 Å². The third-order valence-electron chi connectivity index (χ3n) is 2.70. The van der Waals surface area contributed by atoms with Gasteiger partial charge < -0.3 is 0 Å². The molecule has 0 amide bonds. The summed E-state index contributed by atoms with van der Waals surface area (Å²) < 4.78 is 0. The van der Waals surface area contributed by atoms with E-state index in [2.05, 4.69) is 62.1 Å². The molecule has 0 aromatic heterocycles. The zero-order valence-corrected chi connectivity index (χ0v) is 9.61. The summed E-state index contributed by atoms with van der Waals surface area (Å²) in [5.74, 6) is 0. The van der Waals surface area contributed by atoms with E-state index in [4.69, 9.17) is 0 Å². The quantitative estimate of drug-likeness (QED) is 0.672. The molecule has 0 spiro atoms. The van der Waals surface area contributed by atoms with Crippen LogP contribution in [-0.2, 0) is 0 Å². The van der Waals surface area contributed by atoms with Gasteiger partial charge in [0.1, 0.15) is 0 Å². The van der Waals surface area contributed by atoms with Gasteiger partial charge in [-0.15, -0.1) is 0 Å². The van der Waals surface area contributed by atoms with Crippen molar-refractivity contribution in [1.29, 1.82) is 0 Å². The Hall–Kier alpha value is -1.82. The molecule has 0 radical (unpaired) electrons. The van der Waals surface area contributed by atoms with Crippen molar-refractivity contribution in [3.8, 4) is 0 Å². The number of fused-ring (bicyclic) bond motifs is 1. The van der Waals surface area contributed by atoms with Crippen molar-refractivity contribution in [2.75, 3.05) is 0 Å². The van der Waals surface area contributed by atoms with Crippen LogP contribution in [0, 0.1) is 0 Å². The number of hydrogen-bond donors (Lipinski definition) is 0. The van der Waals surface area contributed by atoms with E-state index in [0.717, 1.165) is 6.42 Å². The molecule has 0 heteroatoms. The fourth-order valence-electron chi connectivity index (χ4n) is 1.84. The van der Waals surface area contributed by atoms with E-state index in [1.165, 1.54) is 21.9 Å². The highest BCUT2D eigenvalue weighted by Gasteiger charge is 1.99. The summed E-state index contributed by atoms with van der Waals surface area (Å²) >= 11 is 0. The van der Waals surface area contributed by atoms with Crippen molar-refractivity contribution in [3.05, 3.63) is 60.2 Å². The average molecular weight is 208 g/mol. The van der Waals surface area contributed by atoms with Gasteiger partial charge in [-0.25, -0.2) is 0 Å². The van der Waals surface area contributed by atoms with Crippen molar-refractivity contribution in [2.45, 2.75) is 13.3 Å². The third-order valence-corrected chi connectivity index (χ3v) is 2.70. The van der Waals surface area contributed by atoms with Crippen LogP contribution >= 0.6 is 0 Å². The molecule has 80 valence electrons. The lowest BCUT2D eigenvalue weighted by molar-refractivity contribution is 1.23. The molecule has 0 saturated heterocycles. The second-order valence-electron chi connectivity index (χ2n) is 3.84. The Morgan fingerprint density at radius 2 is 1.69 bits per heavy atom. The molecule has 2 rings (SSSR count). The van der Waals surface area contributed by atoms with Crippen molar-refractivity contribution in [2.24, 2.45) is 0 Å². The molecule has 0 bridgehead atoms. The standard InChI is InChI=1S/C16H16/c1-3-5-8-14-12-16-10-7-6-9-15(16)11-13(14)4-2/h4-12H,2-3H2,1H3/b8-5-. The summed E-state index contributed by atoms with van der Waals surface area (Å²) in [5, 5.41) is 2.55. The van der Waals surface area contributed by atoms with Gasteiger partial charge in [0.15, 0.2) is 0 Å². The minimum absolute atomic E-state index is 1.06. The monoisotopic (exact) mass is 208 g/mol. The molecule has 0 fully saturated rings. The van der Waals surface area contributed by atoms with E-state index in [9.17, 15) is 0 Å². The van der Waals surface area contributed by atoms with Crippen molar-refractivity contribution in [1.82, 2.24) is 0 Å². The SMILES string of the molecule is C=Cc1cc2ccccc2cc1/C=C\CC. The van der Waals surface area contributed by atoms with Gasteiger partial charge in [0.25, 0.3) is 0 Å². The maximum absolute atomic E-state index is 3.87. The molecule has 0 heterocycles. The van der Waals surface area contributed by atoms with E-state index in [1.807, 2.05) is 6.08 Å². The Morgan fingerprint density at radius 3 is 2.25 bits per heavy atom. The predicted octanol–water partition coefficient (Wildman–Crippen LogP) is 4.91. The lowest BCUT2D eigenvalue weighted by atomic mass is 10.0.